The van der Waals surface area contributed by atoms with Crippen LogP contribution >= 0.6 is 0 Å². The number of hydrogen-bond acceptors (Lipinski definition) is 2. The third-order valence-electron chi connectivity index (χ3n) is 4.01. The summed E-state index contributed by atoms with van der Waals surface area (Å²) in [4.78, 5) is 0. The van der Waals surface area contributed by atoms with E-state index >= 15 is 0 Å². The van der Waals surface area contributed by atoms with Crippen LogP contribution in [0.25, 0.3) is 12.2 Å². The molecule has 0 aliphatic carbocycles. The van der Waals surface area contributed by atoms with Crippen LogP contribution in [0.15, 0.2) is 42.5 Å². The number of ether oxygens (including phenoxy) is 2. The van der Waals surface area contributed by atoms with Gasteiger partial charge in [-0.15, -0.1) is 0 Å². The van der Waals surface area contributed by atoms with Crippen molar-refractivity contribution >= 4 is 12.2 Å². The van der Waals surface area contributed by atoms with Crippen molar-refractivity contribution in [3.05, 3.63) is 59.2 Å². The number of methoxy groups -OCH3 is 2. The number of rotatable bonds is 6. The number of benzene rings is 2. The lowest BCUT2D eigenvalue weighted by molar-refractivity contribution is 0.402. The van der Waals surface area contributed by atoms with Crippen molar-refractivity contribution in [1.82, 2.24) is 0 Å². The smallest absolute Gasteiger partial charge is 0.126 e. The summed E-state index contributed by atoms with van der Waals surface area (Å²) >= 11 is 0. The molecule has 0 bridgehead atoms. The Hall–Kier alpha value is -2.22. The summed E-state index contributed by atoms with van der Waals surface area (Å²) in [5.74, 6) is 2.28. The standard InChI is InChI=1S/C20H24O2.3CH4/c1-5-15(2)17-9-6-16(7-10-17)8-11-18-14-19(21-3)12-13-20(18)22-4;;;/h6-15H,5H2,1-4H3;3*1H4. The van der Waals surface area contributed by atoms with Gasteiger partial charge in [0.2, 0.25) is 0 Å². The van der Waals surface area contributed by atoms with E-state index in [-0.39, 0.29) is 22.3 Å². The van der Waals surface area contributed by atoms with Gasteiger partial charge < -0.3 is 9.47 Å². The zero-order chi connectivity index (χ0) is 15.9. The van der Waals surface area contributed by atoms with Gasteiger partial charge in [0.1, 0.15) is 11.5 Å². The molecule has 0 saturated carbocycles. The first-order valence-corrected chi connectivity index (χ1v) is 7.68. The van der Waals surface area contributed by atoms with E-state index < -0.39 is 0 Å². The monoisotopic (exact) mass is 344 g/mol. The normalized spacial score (nSPS) is 10.9. The van der Waals surface area contributed by atoms with E-state index in [0.717, 1.165) is 23.5 Å². The first kappa shape index (κ1) is 25.0. The second-order valence-corrected chi connectivity index (χ2v) is 5.42. The Morgan fingerprint density at radius 1 is 0.880 bits per heavy atom. The van der Waals surface area contributed by atoms with Crippen LogP contribution in [-0.2, 0) is 0 Å². The third kappa shape index (κ3) is 6.66. The largest absolute Gasteiger partial charge is 0.497 e. The highest BCUT2D eigenvalue weighted by molar-refractivity contribution is 5.73. The van der Waals surface area contributed by atoms with Crippen LogP contribution in [0.2, 0.25) is 0 Å². The Morgan fingerprint density at radius 2 is 1.52 bits per heavy atom. The molecule has 140 valence electrons. The highest BCUT2D eigenvalue weighted by atomic mass is 16.5. The lowest BCUT2D eigenvalue weighted by Crippen LogP contribution is -1.90. The van der Waals surface area contributed by atoms with Gasteiger partial charge >= 0.3 is 0 Å². The van der Waals surface area contributed by atoms with Gasteiger partial charge in [0.25, 0.3) is 0 Å². The SMILES string of the molecule is C.C.C.CCC(C)c1ccc(C=Cc2cc(OC)ccc2OC)cc1. The van der Waals surface area contributed by atoms with E-state index in [1.165, 1.54) is 11.1 Å². The van der Waals surface area contributed by atoms with Crippen LogP contribution in [-0.4, -0.2) is 14.2 Å². The predicted octanol–water partition coefficient (Wildman–Crippen LogP) is 7.30. The van der Waals surface area contributed by atoms with E-state index in [9.17, 15) is 0 Å². The molecule has 1 unspecified atom stereocenters. The molecule has 0 aromatic heterocycles. The molecule has 1 atom stereocenters. The van der Waals surface area contributed by atoms with E-state index in [2.05, 4.69) is 50.3 Å². The molecule has 2 aromatic rings. The van der Waals surface area contributed by atoms with Gasteiger partial charge in [0.05, 0.1) is 14.2 Å². The molecule has 2 rings (SSSR count). The fourth-order valence-electron chi connectivity index (χ4n) is 2.33. The molecular formula is C23H36O2. The summed E-state index contributed by atoms with van der Waals surface area (Å²) < 4.78 is 10.7. The maximum Gasteiger partial charge on any atom is 0.126 e. The minimum absolute atomic E-state index is 0. The first-order chi connectivity index (χ1) is 10.7. The van der Waals surface area contributed by atoms with Crippen LogP contribution < -0.4 is 9.47 Å². The van der Waals surface area contributed by atoms with Crippen molar-refractivity contribution in [2.24, 2.45) is 0 Å². The summed E-state index contributed by atoms with van der Waals surface area (Å²) in [6, 6.07) is 14.5. The van der Waals surface area contributed by atoms with Crippen LogP contribution in [0.1, 0.15) is 65.2 Å². The van der Waals surface area contributed by atoms with E-state index in [4.69, 9.17) is 9.47 Å². The van der Waals surface area contributed by atoms with Gasteiger partial charge in [-0.05, 0) is 41.7 Å². The molecule has 2 nitrogen and oxygen atoms in total. The van der Waals surface area contributed by atoms with Crippen molar-refractivity contribution in [3.8, 4) is 11.5 Å². The second-order valence-electron chi connectivity index (χ2n) is 5.42. The van der Waals surface area contributed by atoms with Crippen molar-refractivity contribution in [2.75, 3.05) is 14.2 Å². The molecule has 0 heterocycles. The fraction of sp³-hybridized carbons (Fsp3) is 0.391. The van der Waals surface area contributed by atoms with E-state index in [1.807, 2.05) is 18.2 Å². The van der Waals surface area contributed by atoms with Gasteiger partial charge in [-0.25, -0.2) is 0 Å². The highest BCUT2D eigenvalue weighted by Gasteiger charge is 2.03. The molecule has 0 aliphatic heterocycles. The van der Waals surface area contributed by atoms with Gasteiger partial charge in [-0.3, -0.25) is 0 Å². The Balaban J connectivity index is 0. The molecule has 2 aromatic carbocycles. The van der Waals surface area contributed by atoms with Gasteiger partial charge in [-0.2, -0.15) is 0 Å². The Morgan fingerprint density at radius 3 is 2.04 bits per heavy atom. The molecule has 0 saturated heterocycles. The third-order valence-corrected chi connectivity index (χ3v) is 4.01. The quantitative estimate of drug-likeness (QED) is 0.512. The van der Waals surface area contributed by atoms with Crippen LogP contribution in [0.4, 0.5) is 0 Å². The molecule has 0 spiro atoms. The predicted molar refractivity (Wildman–Crippen MR) is 114 cm³/mol. The van der Waals surface area contributed by atoms with E-state index in [0.29, 0.717) is 5.92 Å². The Bertz CT molecular complexity index is 627. The molecule has 0 fully saturated rings. The zero-order valence-electron chi connectivity index (χ0n) is 13.8. The molecule has 0 radical (unpaired) electrons. The van der Waals surface area contributed by atoms with Crippen molar-refractivity contribution in [1.29, 1.82) is 0 Å². The van der Waals surface area contributed by atoms with Gasteiger partial charge in [0, 0.05) is 5.56 Å². The molecule has 25 heavy (non-hydrogen) atoms. The number of hydrogen-bond donors (Lipinski definition) is 0. The average molecular weight is 345 g/mol. The maximum atomic E-state index is 5.39. The lowest BCUT2D eigenvalue weighted by atomic mass is 9.97. The first-order valence-electron chi connectivity index (χ1n) is 7.68. The van der Waals surface area contributed by atoms with Crippen molar-refractivity contribution < 1.29 is 9.47 Å². The molecule has 0 aliphatic rings. The van der Waals surface area contributed by atoms with Crippen LogP contribution in [0.3, 0.4) is 0 Å². The summed E-state index contributed by atoms with van der Waals surface area (Å²) in [6.45, 7) is 4.47. The summed E-state index contributed by atoms with van der Waals surface area (Å²) in [6.07, 6.45) is 5.31. The minimum atomic E-state index is 0. The highest BCUT2D eigenvalue weighted by Crippen LogP contribution is 2.26. The lowest BCUT2D eigenvalue weighted by Gasteiger charge is -2.09. The molecule has 0 N–H and O–H groups in total. The van der Waals surface area contributed by atoms with Gasteiger partial charge in [-0.1, -0.05) is 72.5 Å². The van der Waals surface area contributed by atoms with Gasteiger partial charge in [0.15, 0.2) is 0 Å². The fourth-order valence-corrected chi connectivity index (χ4v) is 2.33. The Kier molecular flexibility index (Phi) is 12.2. The molecule has 0 amide bonds. The zero-order valence-corrected chi connectivity index (χ0v) is 13.8. The summed E-state index contributed by atoms with van der Waals surface area (Å²) in [5.41, 5.74) is 3.57. The Labute approximate surface area is 155 Å². The average Bonchev–Trinajstić information content (AvgIpc) is 2.59. The molecular weight excluding hydrogens is 308 g/mol. The van der Waals surface area contributed by atoms with Crippen LogP contribution in [0, 0.1) is 0 Å². The second kappa shape index (κ2) is 12.2. The summed E-state index contributed by atoms with van der Waals surface area (Å²) in [5, 5.41) is 0. The van der Waals surface area contributed by atoms with Crippen molar-refractivity contribution in [2.45, 2.75) is 48.5 Å². The van der Waals surface area contributed by atoms with Crippen molar-refractivity contribution in [3.63, 3.8) is 0 Å². The minimum Gasteiger partial charge on any atom is -0.497 e. The van der Waals surface area contributed by atoms with Crippen LogP contribution in [0.5, 0.6) is 11.5 Å². The van der Waals surface area contributed by atoms with E-state index in [1.54, 1.807) is 14.2 Å². The molecule has 2 heteroatoms. The maximum absolute atomic E-state index is 5.39. The summed E-state index contributed by atoms with van der Waals surface area (Å²) in [7, 11) is 3.35. The topological polar surface area (TPSA) is 18.5 Å².